The quantitative estimate of drug-likeness (QED) is 0.272. The second kappa shape index (κ2) is 11.6. The van der Waals surface area contributed by atoms with Crippen LogP contribution < -0.4 is 19.5 Å². The van der Waals surface area contributed by atoms with Crippen LogP contribution in [0, 0.1) is 11.3 Å². The predicted octanol–water partition coefficient (Wildman–Crippen LogP) is 6.45. The standard InChI is InChI=1S/C28H25ClN4O4/c1-4-23-21(15-30)28(20-13-25(32-17(3)34)27(35-5-2)14-24(20)33-23)37-19-9-10-26(22(29)12-19)36-16-18-8-6-7-11-31-18/h6-14H,4-5,16H2,1-3H3,(H,32,34). The number of aromatic nitrogens is 2. The van der Waals surface area contributed by atoms with E-state index in [2.05, 4.69) is 21.4 Å². The Kier molecular flexibility index (Phi) is 8.06. The Morgan fingerprint density at radius 1 is 1.11 bits per heavy atom. The van der Waals surface area contributed by atoms with Crippen LogP contribution in [0.15, 0.2) is 54.7 Å². The number of hydrogen-bond acceptors (Lipinski definition) is 7. The van der Waals surface area contributed by atoms with Crippen molar-refractivity contribution in [1.29, 1.82) is 5.26 Å². The molecule has 2 aromatic carbocycles. The van der Waals surface area contributed by atoms with Gasteiger partial charge in [0.1, 0.15) is 35.5 Å². The maximum atomic E-state index is 11.8. The molecule has 8 nitrogen and oxygen atoms in total. The fourth-order valence-electron chi connectivity index (χ4n) is 3.77. The Morgan fingerprint density at radius 2 is 1.95 bits per heavy atom. The number of carbonyl (C=O) groups excluding carboxylic acids is 1. The van der Waals surface area contributed by atoms with E-state index in [9.17, 15) is 10.1 Å². The zero-order chi connectivity index (χ0) is 26.4. The highest BCUT2D eigenvalue weighted by Crippen LogP contribution is 2.40. The highest BCUT2D eigenvalue weighted by molar-refractivity contribution is 6.32. The number of amides is 1. The van der Waals surface area contributed by atoms with Gasteiger partial charge in [0.15, 0.2) is 5.75 Å². The van der Waals surface area contributed by atoms with Crippen LogP contribution in [0.2, 0.25) is 5.02 Å². The number of anilines is 1. The molecule has 0 aliphatic heterocycles. The summed E-state index contributed by atoms with van der Waals surface area (Å²) in [5.41, 5.74) is 2.69. The summed E-state index contributed by atoms with van der Waals surface area (Å²) in [6.07, 6.45) is 2.22. The second-order valence-electron chi connectivity index (χ2n) is 8.01. The van der Waals surface area contributed by atoms with Crippen LogP contribution in [0.25, 0.3) is 10.9 Å². The smallest absolute Gasteiger partial charge is 0.221 e. The molecule has 37 heavy (non-hydrogen) atoms. The third-order valence-corrected chi connectivity index (χ3v) is 5.69. The summed E-state index contributed by atoms with van der Waals surface area (Å²) in [7, 11) is 0. The van der Waals surface area contributed by atoms with Crippen LogP contribution in [0.4, 0.5) is 5.69 Å². The summed E-state index contributed by atoms with van der Waals surface area (Å²) in [6, 6.07) is 16.3. The topological polar surface area (TPSA) is 106 Å². The van der Waals surface area contributed by atoms with Gasteiger partial charge in [-0.15, -0.1) is 0 Å². The van der Waals surface area contributed by atoms with Crippen LogP contribution in [0.5, 0.6) is 23.0 Å². The van der Waals surface area contributed by atoms with Crippen molar-refractivity contribution in [2.24, 2.45) is 0 Å². The Hall–Kier alpha value is -4.35. The first kappa shape index (κ1) is 25.7. The number of nitriles is 1. The number of aryl methyl sites for hydroxylation is 1. The summed E-state index contributed by atoms with van der Waals surface area (Å²) < 4.78 is 17.8. The number of ether oxygens (including phenoxy) is 3. The molecule has 4 aromatic rings. The van der Waals surface area contributed by atoms with E-state index in [-0.39, 0.29) is 12.5 Å². The molecule has 0 atom stereocenters. The molecule has 1 amide bonds. The van der Waals surface area contributed by atoms with Gasteiger partial charge in [-0.2, -0.15) is 5.26 Å². The van der Waals surface area contributed by atoms with Crippen molar-refractivity contribution in [3.05, 3.63) is 76.7 Å². The first-order valence-corrected chi connectivity index (χ1v) is 12.1. The minimum atomic E-state index is -0.255. The van der Waals surface area contributed by atoms with Crippen molar-refractivity contribution in [3.8, 4) is 29.1 Å². The highest BCUT2D eigenvalue weighted by atomic mass is 35.5. The van der Waals surface area contributed by atoms with E-state index in [0.717, 1.165) is 5.69 Å². The zero-order valence-corrected chi connectivity index (χ0v) is 21.4. The number of pyridine rings is 2. The molecule has 0 aliphatic carbocycles. The number of fused-ring (bicyclic) bond motifs is 1. The summed E-state index contributed by atoms with van der Waals surface area (Å²) in [5, 5.41) is 13.7. The molecule has 4 rings (SSSR count). The molecule has 1 N–H and O–H groups in total. The maximum Gasteiger partial charge on any atom is 0.221 e. The Balaban J connectivity index is 1.74. The lowest BCUT2D eigenvalue weighted by molar-refractivity contribution is -0.114. The molecule has 188 valence electrons. The Labute approximate surface area is 219 Å². The minimum absolute atomic E-state index is 0.255. The fourth-order valence-corrected chi connectivity index (χ4v) is 3.99. The fraction of sp³-hybridized carbons (Fsp3) is 0.214. The van der Waals surface area contributed by atoms with Crippen LogP contribution >= 0.6 is 11.6 Å². The minimum Gasteiger partial charge on any atom is -0.492 e. The molecular weight excluding hydrogens is 492 g/mol. The number of benzene rings is 2. The molecule has 9 heteroatoms. The first-order chi connectivity index (χ1) is 17.9. The van der Waals surface area contributed by atoms with Gasteiger partial charge in [-0.05, 0) is 43.7 Å². The number of halogens is 1. The molecule has 0 saturated heterocycles. The van der Waals surface area contributed by atoms with Gasteiger partial charge >= 0.3 is 0 Å². The largest absolute Gasteiger partial charge is 0.492 e. The van der Waals surface area contributed by atoms with Gasteiger partial charge in [0.25, 0.3) is 0 Å². The van der Waals surface area contributed by atoms with E-state index in [1.165, 1.54) is 6.92 Å². The van der Waals surface area contributed by atoms with E-state index in [0.29, 0.717) is 68.9 Å². The zero-order valence-electron chi connectivity index (χ0n) is 20.7. The van der Waals surface area contributed by atoms with E-state index >= 15 is 0 Å². The predicted molar refractivity (Wildman–Crippen MR) is 141 cm³/mol. The Bertz CT molecular complexity index is 1490. The average Bonchev–Trinajstić information content (AvgIpc) is 2.89. The number of hydrogen-bond donors (Lipinski definition) is 1. The summed E-state index contributed by atoms with van der Waals surface area (Å²) >= 11 is 6.48. The molecule has 0 spiro atoms. The van der Waals surface area contributed by atoms with Crippen LogP contribution in [-0.2, 0) is 17.8 Å². The third-order valence-electron chi connectivity index (χ3n) is 5.40. The van der Waals surface area contributed by atoms with Gasteiger partial charge in [-0.3, -0.25) is 14.8 Å². The van der Waals surface area contributed by atoms with Gasteiger partial charge in [0.2, 0.25) is 5.91 Å². The van der Waals surface area contributed by atoms with Gasteiger partial charge in [-0.25, -0.2) is 0 Å². The number of nitrogens with one attached hydrogen (secondary N) is 1. The summed E-state index contributed by atoms with van der Waals surface area (Å²) in [6.45, 7) is 5.86. The lowest BCUT2D eigenvalue weighted by Crippen LogP contribution is -2.08. The van der Waals surface area contributed by atoms with E-state index in [1.807, 2.05) is 32.0 Å². The van der Waals surface area contributed by atoms with Gasteiger partial charge in [0.05, 0.1) is 34.2 Å². The van der Waals surface area contributed by atoms with Crippen LogP contribution in [0.1, 0.15) is 37.7 Å². The molecule has 0 fully saturated rings. The van der Waals surface area contributed by atoms with Gasteiger partial charge in [-0.1, -0.05) is 24.6 Å². The van der Waals surface area contributed by atoms with Crippen molar-refractivity contribution < 1.29 is 19.0 Å². The molecular formula is C28H25ClN4O4. The molecule has 2 heterocycles. The van der Waals surface area contributed by atoms with Gasteiger partial charge < -0.3 is 19.5 Å². The van der Waals surface area contributed by atoms with Crippen LogP contribution in [0.3, 0.4) is 0 Å². The van der Waals surface area contributed by atoms with E-state index in [4.69, 9.17) is 25.8 Å². The number of carbonyl (C=O) groups is 1. The Morgan fingerprint density at radius 3 is 2.59 bits per heavy atom. The molecule has 0 unspecified atom stereocenters. The maximum absolute atomic E-state index is 11.8. The van der Waals surface area contributed by atoms with E-state index in [1.54, 1.807) is 36.5 Å². The lowest BCUT2D eigenvalue weighted by atomic mass is 10.1. The van der Waals surface area contributed by atoms with Crippen molar-refractivity contribution >= 4 is 34.1 Å². The molecule has 0 radical (unpaired) electrons. The van der Waals surface area contributed by atoms with Crippen molar-refractivity contribution in [2.45, 2.75) is 33.8 Å². The monoisotopic (exact) mass is 516 g/mol. The van der Waals surface area contributed by atoms with E-state index < -0.39 is 0 Å². The molecule has 0 saturated carbocycles. The first-order valence-electron chi connectivity index (χ1n) is 11.7. The highest BCUT2D eigenvalue weighted by Gasteiger charge is 2.20. The number of rotatable bonds is 9. The molecule has 0 bridgehead atoms. The van der Waals surface area contributed by atoms with Crippen molar-refractivity contribution in [3.63, 3.8) is 0 Å². The van der Waals surface area contributed by atoms with Gasteiger partial charge in [0, 0.05) is 30.6 Å². The summed E-state index contributed by atoms with van der Waals surface area (Å²) in [4.78, 5) is 20.7. The van der Waals surface area contributed by atoms with Crippen LogP contribution in [-0.4, -0.2) is 22.5 Å². The molecule has 0 aliphatic rings. The lowest BCUT2D eigenvalue weighted by Gasteiger charge is -2.17. The SMILES string of the molecule is CCOc1cc2nc(CC)c(C#N)c(Oc3ccc(OCc4ccccn4)c(Cl)c3)c2cc1NC(C)=O. The summed E-state index contributed by atoms with van der Waals surface area (Å²) in [5.74, 6) is 1.43. The third kappa shape index (κ3) is 5.90. The van der Waals surface area contributed by atoms with Crippen molar-refractivity contribution in [1.82, 2.24) is 9.97 Å². The van der Waals surface area contributed by atoms with Crippen molar-refractivity contribution in [2.75, 3.05) is 11.9 Å². The normalized spacial score (nSPS) is 10.6. The second-order valence-corrected chi connectivity index (χ2v) is 8.42. The molecule has 2 aromatic heterocycles. The number of nitrogens with zero attached hydrogens (tertiary/aromatic N) is 3. The average molecular weight is 517 g/mol.